The van der Waals surface area contributed by atoms with Gasteiger partial charge in [-0.2, -0.15) is 0 Å². The minimum Gasteiger partial charge on any atom is -0.298 e. The second-order valence-electron chi connectivity index (χ2n) is 4.97. The highest BCUT2D eigenvalue weighted by molar-refractivity contribution is 9.11. The van der Waals surface area contributed by atoms with Crippen LogP contribution in [0.3, 0.4) is 0 Å². The normalized spacial score (nSPS) is 15.2. The smallest absolute Gasteiger partial charge is 0.250 e. The largest absolute Gasteiger partial charge is 0.298 e. The minimum atomic E-state index is -0.136. The molecule has 2 aromatic heterocycles. The lowest BCUT2D eigenvalue weighted by Gasteiger charge is -2.23. The summed E-state index contributed by atoms with van der Waals surface area (Å²) in [6.45, 7) is 5.22. The molecule has 0 saturated heterocycles. The van der Waals surface area contributed by atoms with Crippen molar-refractivity contribution in [3.63, 3.8) is 0 Å². The summed E-state index contributed by atoms with van der Waals surface area (Å²) in [4.78, 5) is 21.2. The second-order valence-corrected chi connectivity index (χ2v) is 8.55. The van der Waals surface area contributed by atoms with Crippen LogP contribution in [0.25, 0.3) is 6.08 Å². The summed E-state index contributed by atoms with van der Waals surface area (Å²) < 4.78 is 1.06. The summed E-state index contributed by atoms with van der Waals surface area (Å²) in [5.74, 6) is -0.136. The minimum absolute atomic E-state index is 0.136. The van der Waals surface area contributed by atoms with E-state index in [0.29, 0.717) is 5.13 Å². The third kappa shape index (κ3) is 3.84. The maximum atomic E-state index is 12.0. The molecule has 1 amide bonds. The van der Waals surface area contributed by atoms with Crippen molar-refractivity contribution >= 4 is 55.7 Å². The van der Waals surface area contributed by atoms with Crippen molar-refractivity contribution < 1.29 is 4.79 Å². The number of carbonyl (C=O) groups is 1. The molecule has 0 fully saturated rings. The molecule has 116 valence electrons. The molecule has 22 heavy (non-hydrogen) atoms. The molecule has 0 spiro atoms. The lowest BCUT2D eigenvalue weighted by Crippen LogP contribution is -2.29. The van der Waals surface area contributed by atoms with Crippen molar-refractivity contribution in [2.45, 2.75) is 19.9 Å². The molecule has 7 heteroatoms. The van der Waals surface area contributed by atoms with Crippen molar-refractivity contribution in [1.82, 2.24) is 9.88 Å². The van der Waals surface area contributed by atoms with Gasteiger partial charge in [-0.1, -0.05) is 6.92 Å². The summed E-state index contributed by atoms with van der Waals surface area (Å²) in [6.07, 6.45) is 4.34. The Hall–Kier alpha value is -1.02. The highest BCUT2D eigenvalue weighted by atomic mass is 79.9. The van der Waals surface area contributed by atoms with Gasteiger partial charge in [0.2, 0.25) is 5.91 Å². The molecule has 1 aliphatic heterocycles. The third-order valence-electron chi connectivity index (χ3n) is 3.48. The van der Waals surface area contributed by atoms with Crippen LogP contribution < -0.4 is 5.32 Å². The maximum Gasteiger partial charge on any atom is 0.250 e. The van der Waals surface area contributed by atoms with Crippen LogP contribution in [0, 0.1) is 0 Å². The Morgan fingerprint density at radius 3 is 3.09 bits per heavy atom. The summed E-state index contributed by atoms with van der Waals surface area (Å²) in [6, 6.07) is 3.94. The Labute approximate surface area is 146 Å². The van der Waals surface area contributed by atoms with Crippen LogP contribution >= 0.6 is 38.6 Å². The summed E-state index contributed by atoms with van der Waals surface area (Å²) >= 11 is 6.59. The molecule has 0 radical (unpaired) electrons. The Morgan fingerprint density at radius 1 is 1.50 bits per heavy atom. The van der Waals surface area contributed by atoms with Crippen molar-refractivity contribution in [2.75, 3.05) is 18.4 Å². The Balaban J connectivity index is 1.62. The lowest BCUT2D eigenvalue weighted by molar-refractivity contribution is -0.111. The number of fused-ring (bicyclic) bond motifs is 1. The number of likely N-dealkylation sites (N-methyl/N-ethyl adjacent to an activating group) is 1. The SMILES string of the molecule is CCN1CCc2nc(NC(=O)C=Cc3ccc(Br)s3)sc2C1. The van der Waals surface area contributed by atoms with Crippen LogP contribution in [0.5, 0.6) is 0 Å². The van der Waals surface area contributed by atoms with E-state index in [0.717, 1.165) is 40.4 Å². The van der Waals surface area contributed by atoms with Crippen LogP contribution in [0.2, 0.25) is 0 Å². The zero-order valence-electron chi connectivity index (χ0n) is 12.1. The number of aromatic nitrogens is 1. The fraction of sp³-hybridized carbons (Fsp3) is 0.333. The number of thiazole rings is 1. The Morgan fingerprint density at radius 2 is 2.36 bits per heavy atom. The lowest BCUT2D eigenvalue weighted by atomic mass is 10.2. The number of halogens is 1. The van der Waals surface area contributed by atoms with Gasteiger partial charge in [0, 0.05) is 35.3 Å². The average Bonchev–Trinajstić information content (AvgIpc) is 3.09. The van der Waals surface area contributed by atoms with Crippen LogP contribution in [-0.2, 0) is 17.8 Å². The zero-order valence-corrected chi connectivity index (χ0v) is 15.4. The number of nitrogens with one attached hydrogen (secondary N) is 1. The van der Waals surface area contributed by atoms with Crippen LogP contribution in [0.15, 0.2) is 22.0 Å². The Bertz CT molecular complexity index is 707. The highest BCUT2D eigenvalue weighted by Gasteiger charge is 2.19. The third-order valence-corrected chi connectivity index (χ3v) is 6.07. The predicted molar refractivity (Wildman–Crippen MR) is 96.5 cm³/mol. The van der Waals surface area contributed by atoms with Gasteiger partial charge in [0.15, 0.2) is 5.13 Å². The average molecular weight is 398 g/mol. The standard InChI is InChI=1S/C15H16BrN3OS2/c1-2-19-8-7-11-12(9-19)22-15(17-11)18-14(20)6-4-10-3-5-13(16)21-10/h3-6H,2,7-9H2,1H3,(H,17,18,20). The summed E-state index contributed by atoms with van der Waals surface area (Å²) in [7, 11) is 0. The summed E-state index contributed by atoms with van der Waals surface area (Å²) in [5.41, 5.74) is 1.14. The number of thiophene rings is 1. The van der Waals surface area contributed by atoms with E-state index < -0.39 is 0 Å². The number of carbonyl (C=O) groups excluding carboxylic acids is 1. The van der Waals surface area contributed by atoms with Gasteiger partial charge in [0.1, 0.15) is 0 Å². The van der Waals surface area contributed by atoms with E-state index >= 15 is 0 Å². The maximum absolute atomic E-state index is 12.0. The highest BCUT2D eigenvalue weighted by Crippen LogP contribution is 2.28. The molecule has 0 unspecified atom stereocenters. The molecule has 1 N–H and O–H groups in total. The molecule has 0 aliphatic carbocycles. The number of rotatable bonds is 4. The van der Waals surface area contributed by atoms with Gasteiger partial charge in [-0.25, -0.2) is 4.98 Å². The van der Waals surface area contributed by atoms with Crippen LogP contribution in [0.4, 0.5) is 5.13 Å². The first-order chi connectivity index (χ1) is 10.6. The molecule has 2 aromatic rings. The first-order valence-electron chi connectivity index (χ1n) is 7.09. The zero-order chi connectivity index (χ0) is 15.5. The topological polar surface area (TPSA) is 45.2 Å². The van der Waals surface area contributed by atoms with E-state index in [1.54, 1.807) is 28.7 Å². The van der Waals surface area contributed by atoms with Gasteiger partial charge in [-0.3, -0.25) is 15.0 Å². The molecule has 0 atom stereocenters. The molecule has 3 heterocycles. The number of hydrogen-bond donors (Lipinski definition) is 1. The molecule has 1 aliphatic rings. The van der Waals surface area contributed by atoms with E-state index in [1.165, 1.54) is 4.88 Å². The quantitative estimate of drug-likeness (QED) is 0.792. The van der Waals surface area contributed by atoms with Crippen molar-refractivity contribution in [3.05, 3.63) is 37.4 Å². The molecule has 4 nitrogen and oxygen atoms in total. The Kier molecular flexibility index (Phi) is 5.07. The van der Waals surface area contributed by atoms with Gasteiger partial charge >= 0.3 is 0 Å². The van der Waals surface area contributed by atoms with Gasteiger partial charge in [0.05, 0.1) is 9.48 Å². The van der Waals surface area contributed by atoms with Crippen molar-refractivity contribution in [1.29, 1.82) is 0 Å². The van der Waals surface area contributed by atoms with E-state index in [-0.39, 0.29) is 5.91 Å². The molecular weight excluding hydrogens is 382 g/mol. The number of nitrogens with zero attached hydrogens (tertiary/aromatic N) is 2. The van der Waals surface area contributed by atoms with E-state index in [2.05, 4.69) is 38.1 Å². The molecule has 0 bridgehead atoms. The molecule has 0 saturated carbocycles. The van der Waals surface area contributed by atoms with Crippen molar-refractivity contribution in [3.8, 4) is 0 Å². The molecular formula is C15H16BrN3OS2. The molecule has 0 aromatic carbocycles. The first kappa shape index (κ1) is 15.9. The molecule has 3 rings (SSSR count). The monoisotopic (exact) mass is 397 g/mol. The summed E-state index contributed by atoms with van der Waals surface area (Å²) in [5, 5.41) is 3.56. The van der Waals surface area contributed by atoms with Crippen LogP contribution in [0.1, 0.15) is 22.4 Å². The fourth-order valence-electron chi connectivity index (χ4n) is 2.29. The van der Waals surface area contributed by atoms with Crippen molar-refractivity contribution in [2.24, 2.45) is 0 Å². The van der Waals surface area contributed by atoms with Gasteiger partial charge in [-0.05, 0) is 40.7 Å². The van der Waals surface area contributed by atoms with Gasteiger partial charge < -0.3 is 0 Å². The number of hydrogen-bond acceptors (Lipinski definition) is 5. The van der Waals surface area contributed by atoms with E-state index in [1.807, 2.05) is 18.2 Å². The fourth-order valence-corrected chi connectivity index (χ4v) is 4.67. The van der Waals surface area contributed by atoms with E-state index in [4.69, 9.17) is 0 Å². The van der Waals surface area contributed by atoms with Gasteiger partial charge in [0.25, 0.3) is 0 Å². The second kappa shape index (κ2) is 7.04. The van der Waals surface area contributed by atoms with Gasteiger partial charge in [-0.15, -0.1) is 22.7 Å². The number of anilines is 1. The first-order valence-corrected chi connectivity index (χ1v) is 9.52. The van der Waals surface area contributed by atoms with Crippen LogP contribution in [-0.4, -0.2) is 28.9 Å². The van der Waals surface area contributed by atoms with E-state index in [9.17, 15) is 4.79 Å². The predicted octanol–water partition coefficient (Wildman–Crippen LogP) is 4.00. The number of amides is 1.